The van der Waals surface area contributed by atoms with Crippen LogP contribution in [0.15, 0.2) is 47.4 Å². The fourth-order valence-electron chi connectivity index (χ4n) is 0.770. The standard InChI is InChI=1S/C10H10S/c1-3-9-4-6-10(7-5-9)8(2)11/h3-4,6,8,11H,1H2,2H3. The van der Waals surface area contributed by atoms with Gasteiger partial charge in [0.2, 0.25) is 0 Å². The Balaban J connectivity index is 3.07. The lowest BCUT2D eigenvalue weighted by molar-refractivity contribution is 1.18. The van der Waals surface area contributed by atoms with Crippen LogP contribution in [0.1, 0.15) is 6.92 Å². The maximum absolute atomic E-state index is 4.27. The molecule has 0 aromatic rings. The van der Waals surface area contributed by atoms with Crippen molar-refractivity contribution in [2.24, 2.45) is 0 Å². The molecule has 0 bridgehead atoms. The Bertz CT molecular complexity index is 293. The topological polar surface area (TPSA) is 0 Å². The molecule has 0 saturated heterocycles. The van der Waals surface area contributed by atoms with Crippen molar-refractivity contribution < 1.29 is 0 Å². The lowest BCUT2D eigenvalue weighted by Crippen LogP contribution is -1.93. The number of allylic oxidation sites excluding steroid dienone is 4. The molecule has 0 fully saturated rings. The van der Waals surface area contributed by atoms with Crippen LogP contribution in [0, 0.1) is 0 Å². The fraction of sp³-hybridized carbons (Fsp3) is 0.200. The van der Waals surface area contributed by atoms with E-state index in [4.69, 9.17) is 0 Å². The van der Waals surface area contributed by atoms with Gasteiger partial charge < -0.3 is 0 Å². The Morgan fingerprint density at radius 3 is 2.64 bits per heavy atom. The number of hydrogen-bond acceptors (Lipinski definition) is 1. The average molecular weight is 162 g/mol. The first-order valence-electron chi connectivity index (χ1n) is 3.48. The van der Waals surface area contributed by atoms with Crippen molar-refractivity contribution >= 4 is 12.6 Å². The Kier molecular flexibility index (Phi) is 2.62. The highest BCUT2D eigenvalue weighted by Gasteiger charge is 2.00. The van der Waals surface area contributed by atoms with Crippen LogP contribution in [0.25, 0.3) is 0 Å². The number of thiol groups is 1. The van der Waals surface area contributed by atoms with E-state index in [1.807, 2.05) is 19.1 Å². The maximum atomic E-state index is 4.27. The summed E-state index contributed by atoms with van der Waals surface area (Å²) in [6, 6.07) is 0. The third kappa shape index (κ3) is 2.03. The van der Waals surface area contributed by atoms with E-state index in [9.17, 15) is 0 Å². The second-order valence-corrected chi connectivity index (χ2v) is 3.15. The zero-order valence-corrected chi connectivity index (χ0v) is 7.36. The molecule has 0 radical (unpaired) electrons. The Hall–Kier alpha value is -0.870. The molecule has 0 N–H and O–H groups in total. The SMILES string of the molecule is C=CC1=C=C=C(C(C)S)C=C1. The van der Waals surface area contributed by atoms with E-state index in [1.54, 1.807) is 6.08 Å². The predicted octanol–water partition coefficient (Wildman–Crippen LogP) is 2.67. The average Bonchev–Trinajstić information content (AvgIpc) is 2.05. The molecule has 1 aliphatic rings. The quantitative estimate of drug-likeness (QED) is 0.468. The van der Waals surface area contributed by atoms with Gasteiger partial charge in [-0.3, -0.25) is 0 Å². The lowest BCUT2D eigenvalue weighted by atomic mass is 10.1. The van der Waals surface area contributed by atoms with Crippen LogP contribution in [0.2, 0.25) is 0 Å². The van der Waals surface area contributed by atoms with E-state index in [-0.39, 0.29) is 5.25 Å². The van der Waals surface area contributed by atoms with Crippen molar-refractivity contribution in [1.29, 1.82) is 0 Å². The summed E-state index contributed by atoms with van der Waals surface area (Å²) in [6.45, 7) is 5.65. The normalized spacial score (nSPS) is 17.3. The van der Waals surface area contributed by atoms with Crippen LogP contribution in [0.3, 0.4) is 0 Å². The predicted molar refractivity (Wildman–Crippen MR) is 51.8 cm³/mol. The zero-order valence-electron chi connectivity index (χ0n) is 6.46. The molecule has 0 amide bonds. The van der Waals surface area contributed by atoms with E-state index in [0.29, 0.717) is 0 Å². The third-order valence-electron chi connectivity index (χ3n) is 1.46. The molecule has 1 rings (SSSR count). The molecule has 0 aliphatic heterocycles. The van der Waals surface area contributed by atoms with E-state index in [0.717, 1.165) is 11.1 Å². The molecule has 1 atom stereocenters. The van der Waals surface area contributed by atoms with Crippen LogP contribution in [0.4, 0.5) is 0 Å². The molecule has 1 aliphatic carbocycles. The van der Waals surface area contributed by atoms with E-state index in [2.05, 4.69) is 30.7 Å². The first kappa shape index (κ1) is 8.23. The molecule has 0 aromatic heterocycles. The van der Waals surface area contributed by atoms with Gasteiger partial charge in [0.05, 0.1) is 0 Å². The molecule has 1 heteroatoms. The summed E-state index contributed by atoms with van der Waals surface area (Å²) in [5.74, 6) is 0. The van der Waals surface area contributed by atoms with Gasteiger partial charge in [0.25, 0.3) is 0 Å². The van der Waals surface area contributed by atoms with Gasteiger partial charge in [0, 0.05) is 16.4 Å². The van der Waals surface area contributed by atoms with E-state index in [1.165, 1.54) is 0 Å². The maximum Gasteiger partial charge on any atom is 0.0318 e. The number of hydrogen-bond donors (Lipinski definition) is 1. The molecule has 56 valence electrons. The number of rotatable bonds is 2. The highest BCUT2D eigenvalue weighted by atomic mass is 32.1. The highest BCUT2D eigenvalue weighted by molar-refractivity contribution is 7.81. The monoisotopic (exact) mass is 162 g/mol. The minimum Gasteiger partial charge on any atom is -0.171 e. The molecule has 11 heavy (non-hydrogen) atoms. The first-order chi connectivity index (χ1) is 5.24. The van der Waals surface area contributed by atoms with Gasteiger partial charge in [-0.15, -0.1) is 0 Å². The molecule has 0 saturated carbocycles. The minimum absolute atomic E-state index is 0.227. The zero-order chi connectivity index (χ0) is 8.27. The molecule has 0 spiro atoms. The van der Waals surface area contributed by atoms with Crippen LogP contribution in [-0.2, 0) is 0 Å². The van der Waals surface area contributed by atoms with Crippen molar-refractivity contribution in [2.75, 3.05) is 0 Å². The lowest BCUT2D eigenvalue weighted by Gasteiger charge is -2.02. The molecule has 0 aromatic carbocycles. The highest BCUT2D eigenvalue weighted by Crippen LogP contribution is 2.12. The van der Waals surface area contributed by atoms with Gasteiger partial charge in [-0.25, -0.2) is 0 Å². The van der Waals surface area contributed by atoms with Crippen LogP contribution < -0.4 is 0 Å². The summed E-state index contributed by atoms with van der Waals surface area (Å²) < 4.78 is 0. The van der Waals surface area contributed by atoms with Crippen LogP contribution in [-0.4, -0.2) is 5.25 Å². The smallest absolute Gasteiger partial charge is 0.0318 e. The Morgan fingerprint density at radius 1 is 1.55 bits per heavy atom. The van der Waals surface area contributed by atoms with Gasteiger partial charge in [0.15, 0.2) is 0 Å². The Labute approximate surface area is 72.7 Å². The van der Waals surface area contributed by atoms with Crippen LogP contribution in [0.5, 0.6) is 0 Å². The summed E-state index contributed by atoms with van der Waals surface area (Å²) in [6.07, 6.45) is 5.71. The molecular formula is C10H10S. The molecule has 0 nitrogen and oxygen atoms in total. The summed E-state index contributed by atoms with van der Waals surface area (Å²) in [4.78, 5) is 0. The minimum atomic E-state index is 0.227. The molecule has 0 heterocycles. The van der Waals surface area contributed by atoms with Gasteiger partial charge in [-0.05, 0) is 19.1 Å². The van der Waals surface area contributed by atoms with Crippen molar-refractivity contribution in [3.05, 3.63) is 47.4 Å². The van der Waals surface area contributed by atoms with Gasteiger partial charge >= 0.3 is 0 Å². The van der Waals surface area contributed by atoms with Crippen molar-refractivity contribution in [3.8, 4) is 0 Å². The van der Waals surface area contributed by atoms with Gasteiger partial charge in [-0.2, -0.15) is 12.6 Å². The van der Waals surface area contributed by atoms with Gasteiger partial charge in [-0.1, -0.05) is 24.1 Å². The molecule has 1 unspecified atom stereocenters. The van der Waals surface area contributed by atoms with Crippen molar-refractivity contribution in [1.82, 2.24) is 0 Å². The van der Waals surface area contributed by atoms with Crippen molar-refractivity contribution in [2.45, 2.75) is 12.2 Å². The molecular weight excluding hydrogens is 152 g/mol. The largest absolute Gasteiger partial charge is 0.171 e. The third-order valence-corrected chi connectivity index (χ3v) is 1.74. The fourth-order valence-corrected chi connectivity index (χ4v) is 0.921. The summed E-state index contributed by atoms with van der Waals surface area (Å²) >= 11 is 4.27. The summed E-state index contributed by atoms with van der Waals surface area (Å²) in [7, 11) is 0. The Morgan fingerprint density at radius 2 is 2.27 bits per heavy atom. The first-order valence-corrected chi connectivity index (χ1v) is 4.00. The van der Waals surface area contributed by atoms with E-state index < -0.39 is 0 Å². The van der Waals surface area contributed by atoms with Crippen molar-refractivity contribution in [3.63, 3.8) is 0 Å². The second-order valence-electron chi connectivity index (χ2n) is 2.37. The summed E-state index contributed by atoms with van der Waals surface area (Å²) in [5.41, 5.74) is 8.03. The van der Waals surface area contributed by atoms with Gasteiger partial charge in [0.1, 0.15) is 0 Å². The van der Waals surface area contributed by atoms with Crippen LogP contribution >= 0.6 is 12.6 Å². The second kappa shape index (κ2) is 3.50. The summed E-state index contributed by atoms with van der Waals surface area (Å²) in [5, 5.41) is 0.227. The van der Waals surface area contributed by atoms with E-state index >= 15 is 0 Å².